The van der Waals surface area contributed by atoms with Gasteiger partial charge in [-0.05, 0) is 0 Å². The maximum absolute atomic E-state index is 12.4. The Hall–Kier alpha value is -2.30. The second kappa shape index (κ2) is 7.51. The van der Waals surface area contributed by atoms with Gasteiger partial charge in [0, 0.05) is 0 Å². The molecule has 3 rings (SSSR count). The number of carbonyl (C=O) groups excluding carboxylic acids is 1. The Labute approximate surface area is 147 Å². The van der Waals surface area contributed by atoms with E-state index in [2.05, 4.69) is 17.3 Å². The molecule has 6 heteroatoms. The predicted molar refractivity (Wildman–Crippen MR) is 97.1 cm³/mol. The summed E-state index contributed by atoms with van der Waals surface area (Å²) in [6, 6.07) is 15.5. The van der Waals surface area contributed by atoms with Crippen LogP contribution in [0.25, 0.3) is 0 Å². The van der Waals surface area contributed by atoms with Gasteiger partial charge in [-0.3, -0.25) is 0 Å². The molecule has 0 radical (unpaired) electrons. The molecule has 2 aromatic rings. The van der Waals surface area contributed by atoms with Crippen LogP contribution in [0.2, 0.25) is 5.32 Å². The number of ether oxygens (including phenoxy) is 1. The van der Waals surface area contributed by atoms with Crippen molar-refractivity contribution in [2.24, 2.45) is 4.99 Å². The number of rotatable bonds is 4. The normalized spacial score (nSPS) is 16.2. The van der Waals surface area contributed by atoms with Gasteiger partial charge in [-0.1, -0.05) is 0 Å². The number of nitrogens with one attached hydrogen (secondary N) is 1. The first-order valence-electron chi connectivity index (χ1n) is 7.74. The van der Waals surface area contributed by atoms with Crippen LogP contribution in [-0.2, 0) is 11.2 Å². The summed E-state index contributed by atoms with van der Waals surface area (Å²) in [6.45, 7) is 2.09. The van der Waals surface area contributed by atoms with Crippen molar-refractivity contribution in [3.05, 3.63) is 54.1 Å². The Kier molecular flexibility index (Phi) is 5.18. The van der Waals surface area contributed by atoms with Gasteiger partial charge in [0.15, 0.2) is 0 Å². The van der Waals surface area contributed by atoms with Crippen molar-refractivity contribution in [2.75, 3.05) is 12.1 Å². The quantitative estimate of drug-likeness (QED) is 0.820. The van der Waals surface area contributed by atoms with Crippen LogP contribution in [0.5, 0.6) is 5.75 Å². The van der Waals surface area contributed by atoms with Crippen LogP contribution in [0.4, 0.5) is 11.4 Å². The van der Waals surface area contributed by atoms with Crippen molar-refractivity contribution in [3.63, 3.8) is 0 Å². The van der Waals surface area contributed by atoms with Gasteiger partial charge in [0.2, 0.25) is 0 Å². The van der Waals surface area contributed by atoms with Crippen LogP contribution in [0.15, 0.2) is 53.5 Å². The molecule has 1 saturated heterocycles. The number of hydrogen-bond donors (Lipinski definition) is 1. The second-order valence-electron chi connectivity index (χ2n) is 5.23. The summed E-state index contributed by atoms with van der Waals surface area (Å²) < 4.78 is 6.01. The van der Waals surface area contributed by atoms with Crippen molar-refractivity contribution in [3.8, 4) is 5.75 Å². The summed E-state index contributed by atoms with van der Waals surface area (Å²) in [5.41, 5.74) is 6.09. The van der Waals surface area contributed by atoms with E-state index in [1.807, 2.05) is 48.5 Å². The molecule has 124 valence electrons. The van der Waals surface area contributed by atoms with Crippen LogP contribution < -0.4 is 15.2 Å². The van der Waals surface area contributed by atoms with Crippen LogP contribution in [-0.4, -0.2) is 32.7 Å². The number of aliphatic imine (C=N–C) groups is 1. The van der Waals surface area contributed by atoms with Crippen LogP contribution in [0.1, 0.15) is 12.5 Å². The number of nitrogens with zero attached hydrogens (tertiary/aromatic N) is 2. The van der Waals surface area contributed by atoms with Crippen molar-refractivity contribution in [1.82, 2.24) is 5.43 Å². The molecule has 1 amide bonds. The fraction of sp³-hybridized carbons (Fsp3) is 0.222. The van der Waals surface area contributed by atoms with Gasteiger partial charge < -0.3 is 0 Å². The van der Waals surface area contributed by atoms with Crippen molar-refractivity contribution in [1.29, 1.82) is 0 Å². The molecular formula is C18H19N3O2Se. The Bertz CT molecular complexity index is 759. The zero-order valence-electron chi connectivity index (χ0n) is 13.7. The minimum absolute atomic E-state index is 0.00860. The second-order valence-corrected chi connectivity index (χ2v) is 7.25. The van der Waals surface area contributed by atoms with E-state index < -0.39 is 0 Å². The zero-order valence-corrected chi connectivity index (χ0v) is 15.4. The third kappa shape index (κ3) is 3.61. The fourth-order valence-electron chi connectivity index (χ4n) is 2.44. The van der Waals surface area contributed by atoms with E-state index in [9.17, 15) is 4.79 Å². The molecule has 1 heterocycles. The standard InChI is InChI=1S/C18H19N3O2Se/c1-3-13-6-4-5-7-16(13)21-17(22)12-24-18(20-21)19-14-8-10-15(23-2)11-9-14/h4-11H,3,12H2,1-2H3,(H,19,20). The number of hydrazine groups is 1. The minimum atomic E-state index is 0.00860. The molecule has 0 bridgehead atoms. The van der Waals surface area contributed by atoms with Gasteiger partial charge in [-0.25, -0.2) is 0 Å². The Morgan fingerprint density at radius 3 is 2.67 bits per heavy atom. The molecule has 0 unspecified atom stereocenters. The molecule has 5 nitrogen and oxygen atoms in total. The average Bonchev–Trinajstić information content (AvgIpc) is 2.64. The molecule has 0 aliphatic carbocycles. The number of hydrogen-bond acceptors (Lipinski definition) is 3. The van der Waals surface area contributed by atoms with E-state index in [1.165, 1.54) is 0 Å². The number of para-hydroxylation sites is 1. The van der Waals surface area contributed by atoms with Crippen LogP contribution in [0, 0.1) is 0 Å². The third-order valence-corrected chi connectivity index (χ3v) is 5.48. The average molecular weight is 388 g/mol. The molecule has 1 fully saturated rings. The monoisotopic (exact) mass is 389 g/mol. The predicted octanol–water partition coefficient (Wildman–Crippen LogP) is 2.92. The van der Waals surface area contributed by atoms with Gasteiger partial charge in [-0.15, -0.1) is 0 Å². The molecular weight excluding hydrogens is 369 g/mol. The van der Waals surface area contributed by atoms with E-state index in [1.54, 1.807) is 12.1 Å². The first kappa shape index (κ1) is 16.6. The summed E-state index contributed by atoms with van der Waals surface area (Å²) >= 11 is 0.00860. The number of aryl methyl sites for hydroxylation is 1. The molecule has 0 aromatic heterocycles. The number of benzene rings is 2. The molecule has 24 heavy (non-hydrogen) atoms. The molecule has 0 spiro atoms. The first-order valence-corrected chi connectivity index (χ1v) is 9.81. The molecule has 1 N–H and O–H groups in total. The molecule has 2 aromatic carbocycles. The van der Waals surface area contributed by atoms with E-state index in [4.69, 9.17) is 4.74 Å². The summed E-state index contributed by atoms with van der Waals surface area (Å²) in [4.78, 5) is 17.0. The number of amides is 1. The zero-order chi connectivity index (χ0) is 16.9. The summed E-state index contributed by atoms with van der Waals surface area (Å²) in [5.74, 6) is 0.888. The van der Waals surface area contributed by atoms with Gasteiger partial charge in [-0.2, -0.15) is 0 Å². The van der Waals surface area contributed by atoms with Gasteiger partial charge in [0.05, 0.1) is 0 Å². The van der Waals surface area contributed by atoms with E-state index in [-0.39, 0.29) is 20.9 Å². The van der Waals surface area contributed by atoms with Gasteiger partial charge >= 0.3 is 148 Å². The van der Waals surface area contributed by atoms with Crippen molar-refractivity contribution < 1.29 is 9.53 Å². The summed E-state index contributed by atoms with van der Waals surface area (Å²) in [5, 5.41) is 2.14. The number of carbonyl (C=O) groups is 1. The first-order chi connectivity index (χ1) is 11.7. The Morgan fingerprint density at radius 2 is 1.96 bits per heavy atom. The van der Waals surface area contributed by atoms with E-state index in [0.717, 1.165) is 33.8 Å². The third-order valence-electron chi connectivity index (χ3n) is 3.71. The van der Waals surface area contributed by atoms with Gasteiger partial charge in [0.1, 0.15) is 0 Å². The molecule has 1 aliphatic rings. The molecule has 1 aliphatic heterocycles. The number of amidine groups is 1. The van der Waals surface area contributed by atoms with Crippen LogP contribution in [0.3, 0.4) is 0 Å². The van der Waals surface area contributed by atoms with E-state index in [0.29, 0.717) is 5.32 Å². The SMILES string of the molecule is CCc1ccccc1N1NC(=Nc2ccc(OC)cc2)[Se]CC1=O. The summed E-state index contributed by atoms with van der Waals surface area (Å²) in [7, 11) is 1.64. The topological polar surface area (TPSA) is 53.9 Å². The van der Waals surface area contributed by atoms with Gasteiger partial charge in [0.25, 0.3) is 0 Å². The molecule has 0 saturated carbocycles. The Balaban J connectivity index is 1.84. The summed E-state index contributed by atoms with van der Waals surface area (Å²) in [6.07, 6.45) is 0.873. The maximum atomic E-state index is 12.4. The van der Waals surface area contributed by atoms with E-state index >= 15 is 0 Å². The number of methoxy groups -OCH3 is 1. The molecule has 0 atom stereocenters. The number of anilines is 1. The van der Waals surface area contributed by atoms with Crippen LogP contribution >= 0.6 is 0 Å². The Morgan fingerprint density at radius 1 is 1.21 bits per heavy atom. The van der Waals surface area contributed by atoms with Crippen molar-refractivity contribution in [2.45, 2.75) is 18.7 Å². The fourth-order valence-corrected chi connectivity index (χ4v) is 3.94. The van der Waals surface area contributed by atoms with Crippen molar-refractivity contribution >= 4 is 37.0 Å².